The number of carbonyl (C=O) groups excluding carboxylic acids is 1. The van der Waals surface area contributed by atoms with E-state index in [0.29, 0.717) is 33.5 Å². The number of aromatic nitrogens is 4. The van der Waals surface area contributed by atoms with Gasteiger partial charge in [0.2, 0.25) is 5.56 Å². The van der Waals surface area contributed by atoms with Crippen LogP contribution in [0.25, 0.3) is 33.5 Å². The molecule has 1 aliphatic rings. The Bertz CT molecular complexity index is 1780. The van der Waals surface area contributed by atoms with E-state index in [1.165, 1.54) is 30.8 Å². The molecule has 0 unspecified atom stereocenters. The number of carboxylic acids is 1. The minimum absolute atomic E-state index is 0.00613. The van der Waals surface area contributed by atoms with Gasteiger partial charge in [0.1, 0.15) is 5.75 Å². The highest BCUT2D eigenvalue weighted by atomic mass is 16.4. The van der Waals surface area contributed by atoms with Crippen molar-refractivity contribution < 1.29 is 19.8 Å². The van der Waals surface area contributed by atoms with Gasteiger partial charge in [0, 0.05) is 40.3 Å². The molecule has 10 heteroatoms. The van der Waals surface area contributed by atoms with Crippen molar-refractivity contribution in [3.05, 3.63) is 82.3 Å². The fourth-order valence-corrected chi connectivity index (χ4v) is 5.57. The van der Waals surface area contributed by atoms with Crippen molar-refractivity contribution in [3.8, 4) is 17.3 Å². The third-order valence-corrected chi connectivity index (χ3v) is 7.43. The van der Waals surface area contributed by atoms with E-state index < -0.39 is 17.9 Å². The van der Waals surface area contributed by atoms with E-state index in [4.69, 9.17) is 4.98 Å². The highest BCUT2D eigenvalue weighted by Crippen LogP contribution is 2.35. The summed E-state index contributed by atoms with van der Waals surface area (Å²) in [5.41, 5.74) is 3.04. The summed E-state index contributed by atoms with van der Waals surface area (Å²) < 4.78 is 2.15. The standard InChI is InChI=1S/C29H27N5O5/c35-18-10-11-21-19(14-18)20(15-30-21)26(29(38)39)33-28(37)16-9-12-24-23(13-16)32-27(22-7-4-8-25(36)31-22)34(24)17-5-2-1-3-6-17/h4,7-15,17,26,30,35H,1-3,5-6H2,(H,31,36)(H,33,37)(H,38,39)/t26-/m0/s1. The SMILES string of the molecule is O=C(N[C@H](C(=O)O)c1c[nH]c2ccc(O)cc12)c1ccc2c(c1)nc(-c1cccc(=O)[nH]1)n2C1CCCCC1. The first-order valence-electron chi connectivity index (χ1n) is 12.9. The van der Waals surface area contributed by atoms with Crippen molar-refractivity contribution in [2.75, 3.05) is 0 Å². The smallest absolute Gasteiger partial charge is 0.331 e. The Kier molecular flexibility index (Phi) is 6.14. The lowest BCUT2D eigenvalue weighted by atomic mass is 9.95. The van der Waals surface area contributed by atoms with Crippen LogP contribution in [0.2, 0.25) is 0 Å². The summed E-state index contributed by atoms with van der Waals surface area (Å²) in [6.07, 6.45) is 6.92. The predicted octanol–water partition coefficient (Wildman–Crippen LogP) is 4.64. The summed E-state index contributed by atoms with van der Waals surface area (Å²) >= 11 is 0. The van der Waals surface area contributed by atoms with Crippen LogP contribution < -0.4 is 10.9 Å². The van der Waals surface area contributed by atoms with Crippen LogP contribution in [0.5, 0.6) is 5.75 Å². The summed E-state index contributed by atoms with van der Waals surface area (Å²) in [6, 6.07) is 13.6. The lowest BCUT2D eigenvalue weighted by Gasteiger charge is -2.25. The number of amides is 1. The van der Waals surface area contributed by atoms with Crippen LogP contribution in [0.1, 0.15) is 60.1 Å². The molecule has 5 N–H and O–H groups in total. The van der Waals surface area contributed by atoms with Gasteiger partial charge in [0.15, 0.2) is 11.9 Å². The van der Waals surface area contributed by atoms with E-state index in [2.05, 4.69) is 19.9 Å². The van der Waals surface area contributed by atoms with Crippen molar-refractivity contribution in [1.29, 1.82) is 0 Å². The van der Waals surface area contributed by atoms with Crippen LogP contribution in [0.4, 0.5) is 0 Å². The van der Waals surface area contributed by atoms with Gasteiger partial charge in [-0.1, -0.05) is 25.3 Å². The fourth-order valence-electron chi connectivity index (χ4n) is 5.57. The Labute approximate surface area is 222 Å². The number of H-pyrrole nitrogens is 2. The number of nitrogens with zero attached hydrogens (tertiary/aromatic N) is 2. The molecular formula is C29H27N5O5. The van der Waals surface area contributed by atoms with Gasteiger partial charge in [-0.05, 0) is 55.3 Å². The van der Waals surface area contributed by atoms with Crippen LogP contribution in [-0.2, 0) is 4.79 Å². The summed E-state index contributed by atoms with van der Waals surface area (Å²) in [7, 11) is 0. The second-order valence-electron chi connectivity index (χ2n) is 9.95. The molecule has 6 rings (SSSR count). The van der Waals surface area contributed by atoms with Crippen LogP contribution in [0.15, 0.2) is 65.6 Å². The van der Waals surface area contributed by atoms with Crippen LogP contribution in [-0.4, -0.2) is 41.6 Å². The van der Waals surface area contributed by atoms with Gasteiger partial charge in [-0.2, -0.15) is 0 Å². The maximum absolute atomic E-state index is 13.3. The highest BCUT2D eigenvalue weighted by Gasteiger charge is 2.27. The van der Waals surface area contributed by atoms with Gasteiger partial charge >= 0.3 is 5.97 Å². The zero-order valence-electron chi connectivity index (χ0n) is 21.0. The quantitative estimate of drug-likeness (QED) is 0.218. The first-order chi connectivity index (χ1) is 18.9. The normalized spacial score (nSPS) is 15.0. The van der Waals surface area contributed by atoms with Crippen molar-refractivity contribution in [2.24, 2.45) is 0 Å². The van der Waals surface area contributed by atoms with Crippen molar-refractivity contribution in [2.45, 2.75) is 44.2 Å². The maximum Gasteiger partial charge on any atom is 0.331 e. The van der Waals surface area contributed by atoms with Crippen molar-refractivity contribution >= 4 is 33.8 Å². The van der Waals surface area contributed by atoms with E-state index in [0.717, 1.165) is 31.2 Å². The number of benzene rings is 2. The summed E-state index contributed by atoms with van der Waals surface area (Å²) in [5.74, 6) is -1.17. The van der Waals surface area contributed by atoms with E-state index in [1.807, 2.05) is 12.1 Å². The average Bonchev–Trinajstić information content (AvgIpc) is 3.53. The minimum atomic E-state index is -1.34. The van der Waals surface area contributed by atoms with E-state index >= 15 is 0 Å². The largest absolute Gasteiger partial charge is 0.508 e. The second-order valence-corrected chi connectivity index (χ2v) is 9.95. The molecule has 1 amide bonds. The molecule has 5 aromatic rings. The van der Waals surface area contributed by atoms with Crippen LogP contribution >= 0.6 is 0 Å². The van der Waals surface area contributed by atoms with Gasteiger partial charge in [0.05, 0.1) is 16.7 Å². The predicted molar refractivity (Wildman–Crippen MR) is 146 cm³/mol. The van der Waals surface area contributed by atoms with Gasteiger partial charge < -0.3 is 30.1 Å². The monoisotopic (exact) mass is 525 g/mol. The molecule has 2 aromatic carbocycles. The Morgan fingerprint density at radius 2 is 1.87 bits per heavy atom. The number of aromatic hydroxyl groups is 1. The fraction of sp³-hybridized carbons (Fsp3) is 0.241. The summed E-state index contributed by atoms with van der Waals surface area (Å²) in [6.45, 7) is 0. The first-order valence-corrected chi connectivity index (χ1v) is 12.9. The number of rotatable bonds is 6. The lowest BCUT2D eigenvalue weighted by molar-refractivity contribution is -0.139. The number of carbonyl (C=O) groups is 2. The number of aliphatic carboxylic acids is 1. The van der Waals surface area contributed by atoms with Crippen LogP contribution in [0, 0.1) is 0 Å². The topological polar surface area (TPSA) is 153 Å². The molecule has 39 heavy (non-hydrogen) atoms. The van der Waals surface area contributed by atoms with Gasteiger partial charge in [-0.15, -0.1) is 0 Å². The molecule has 1 aliphatic carbocycles. The third kappa shape index (κ3) is 4.54. The number of phenolic OH excluding ortho intramolecular Hbond substituents is 1. The number of carboxylic acid groups (broad SMARTS) is 1. The molecule has 1 fully saturated rings. The number of hydrogen-bond donors (Lipinski definition) is 5. The van der Waals surface area contributed by atoms with E-state index in [9.17, 15) is 24.6 Å². The number of phenols is 1. The Hall–Kier alpha value is -4.86. The van der Waals surface area contributed by atoms with Gasteiger partial charge in [0.25, 0.3) is 5.91 Å². The molecule has 10 nitrogen and oxygen atoms in total. The number of aromatic amines is 2. The molecule has 0 radical (unpaired) electrons. The molecule has 0 bridgehead atoms. The highest BCUT2D eigenvalue weighted by molar-refractivity contribution is 6.01. The summed E-state index contributed by atoms with van der Waals surface area (Å²) in [4.78, 5) is 48.2. The number of fused-ring (bicyclic) bond motifs is 2. The molecule has 198 valence electrons. The summed E-state index contributed by atoms with van der Waals surface area (Å²) in [5, 5.41) is 22.9. The molecule has 1 saturated carbocycles. The molecule has 3 aromatic heterocycles. The van der Waals surface area contributed by atoms with Gasteiger partial charge in [-0.3, -0.25) is 9.59 Å². The lowest BCUT2D eigenvalue weighted by Crippen LogP contribution is -2.33. The number of nitrogens with one attached hydrogen (secondary N) is 3. The number of hydrogen-bond acceptors (Lipinski definition) is 5. The average molecular weight is 526 g/mol. The zero-order valence-corrected chi connectivity index (χ0v) is 21.0. The van der Waals surface area contributed by atoms with E-state index in [1.54, 1.807) is 24.3 Å². The second kappa shape index (κ2) is 9.79. The Morgan fingerprint density at radius 1 is 1.05 bits per heavy atom. The van der Waals surface area contributed by atoms with E-state index in [-0.39, 0.29) is 22.9 Å². The van der Waals surface area contributed by atoms with Gasteiger partial charge in [-0.25, -0.2) is 9.78 Å². The van der Waals surface area contributed by atoms with Crippen molar-refractivity contribution in [3.63, 3.8) is 0 Å². The van der Waals surface area contributed by atoms with Crippen molar-refractivity contribution in [1.82, 2.24) is 24.8 Å². The molecular weight excluding hydrogens is 498 g/mol. The minimum Gasteiger partial charge on any atom is -0.508 e. The first kappa shape index (κ1) is 24.5. The third-order valence-electron chi connectivity index (χ3n) is 7.43. The molecule has 3 heterocycles. The maximum atomic E-state index is 13.3. The number of imidazole rings is 1. The molecule has 0 aliphatic heterocycles. The zero-order chi connectivity index (χ0) is 27.1. The molecule has 0 spiro atoms. The Morgan fingerprint density at radius 3 is 2.64 bits per heavy atom. The van der Waals surface area contributed by atoms with Crippen LogP contribution in [0.3, 0.4) is 0 Å². The Balaban J connectivity index is 1.38. The molecule has 0 saturated heterocycles. The number of pyridine rings is 1. The molecule has 1 atom stereocenters.